The second-order valence-corrected chi connectivity index (χ2v) is 6.06. The third kappa shape index (κ3) is 3.54. The van der Waals surface area contributed by atoms with Crippen LogP contribution < -0.4 is 10.1 Å². The Bertz CT molecular complexity index is 842. The summed E-state index contributed by atoms with van der Waals surface area (Å²) in [5.74, 6) is 0.516. The summed E-state index contributed by atoms with van der Waals surface area (Å²) in [4.78, 5) is 12.3. The monoisotopic (exact) mass is 369 g/mol. The van der Waals surface area contributed by atoms with Crippen LogP contribution in [0.15, 0.2) is 71.2 Å². The van der Waals surface area contributed by atoms with Crippen LogP contribution in [0.25, 0.3) is 10.8 Å². The molecule has 3 rings (SSSR count). The first-order valence-electron chi connectivity index (χ1n) is 7.35. The first kappa shape index (κ1) is 15.6. The van der Waals surface area contributed by atoms with E-state index >= 15 is 0 Å². The quantitative estimate of drug-likeness (QED) is 0.701. The number of carbonyl (C=O) groups excluding carboxylic acids is 1. The Labute approximate surface area is 143 Å². The van der Waals surface area contributed by atoms with E-state index in [1.54, 1.807) is 6.92 Å². The predicted octanol–water partition coefficient (Wildman–Crippen LogP) is 5.01. The van der Waals surface area contributed by atoms with Gasteiger partial charge in [0.05, 0.1) is 5.69 Å². The molecule has 0 saturated heterocycles. The first-order chi connectivity index (χ1) is 11.1. The van der Waals surface area contributed by atoms with Crippen molar-refractivity contribution in [2.45, 2.75) is 13.0 Å². The molecule has 0 bridgehead atoms. The molecule has 0 fully saturated rings. The number of para-hydroxylation sites is 1. The number of anilines is 1. The molecule has 3 nitrogen and oxygen atoms in total. The summed E-state index contributed by atoms with van der Waals surface area (Å²) < 4.78 is 6.71. The minimum atomic E-state index is -0.604. The molecule has 0 aliphatic heterocycles. The zero-order chi connectivity index (χ0) is 16.2. The van der Waals surface area contributed by atoms with Crippen molar-refractivity contribution in [3.05, 3.63) is 71.2 Å². The lowest BCUT2D eigenvalue weighted by molar-refractivity contribution is -0.122. The van der Waals surface area contributed by atoms with Gasteiger partial charge in [-0.15, -0.1) is 0 Å². The van der Waals surface area contributed by atoms with Crippen molar-refractivity contribution in [1.82, 2.24) is 0 Å². The average molecular weight is 370 g/mol. The molecule has 4 heteroatoms. The van der Waals surface area contributed by atoms with Gasteiger partial charge in [0.1, 0.15) is 5.75 Å². The molecule has 3 aromatic carbocycles. The molecule has 0 radical (unpaired) electrons. The minimum absolute atomic E-state index is 0.190. The van der Waals surface area contributed by atoms with E-state index in [9.17, 15) is 4.79 Å². The second-order valence-electron chi connectivity index (χ2n) is 5.21. The van der Waals surface area contributed by atoms with Crippen LogP contribution in [0, 0.1) is 0 Å². The minimum Gasteiger partial charge on any atom is -0.480 e. The molecule has 116 valence electrons. The van der Waals surface area contributed by atoms with Crippen molar-refractivity contribution in [3.8, 4) is 5.75 Å². The van der Waals surface area contributed by atoms with Crippen molar-refractivity contribution in [3.63, 3.8) is 0 Å². The van der Waals surface area contributed by atoms with Crippen LogP contribution >= 0.6 is 15.9 Å². The summed E-state index contributed by atoms with van der Waals surface area (Å²) in [6.45, 7) is 1.74. The van der Waals surface area contributed by atoms with Gasteiger partial charge in [-0.25, -0.2) is 0 Å². The molecule has 0 aliphatic rings. The molecule has 23 heavy (non-hydrogen) atoms. The Morgan fingerprint density at radius 2 is 1.70 bits per heavy atom. The highest BCUT2D eigenvalue weighted by Gasteiger charge is 2.16. The largest absolute Gasteiger partial charge is 0.480 e. The lowest BCUT2D eigenvalue weighted by atomic mass is 10.1. The van der Waals surface area contributed by atoms with Crippen molar-refractivity contribution >= 4 is 38.3 Å². The van der Waals surface area contributed by atoms with E-state index in [-0.39, 0.29) is 5.91 Å². The highest BCUT2D eigenvalue weighted by Crippen LogP contribution is 2.26. The van der Waals surface area contributed by atoms with Gasteiger partial charge in [0, 0.05) is 9.86 Å². The van der Waals surface area contributed by atoms with Gasteiger partial charge < -0.3 is 10.1 Å². The lowest BCUT2D eigenvalue weighted by Gasteiger charge is -2.16. The van der Waals surface area contributed by atoms with Crippen molar-refractivity contribution < 1.29 is 9.53 Å². The zero-order valence-corrected chi connectivity index (χ0v) is 14.2. The fourth-order valence-electron chi connectivity index (χ4n) is 2.34. The SMILES string of the molecule is C[C@H](Oc1cccc2ccccc12)C(=O)Nc1ccccc1Br. The van der Waals surface area contributed by atoms with Crippen LogP contribution in [0.1, 0.15) is 6.92 Å². The third-order valence-electron chi connectivity index (χ3n) is 3.55. The van der Waals surface area contributed by atoms with Gasteiger partial charge in [-0.05, 0) is 46.4 Å². The van der Waals surface area contributed by atoms with E-state index in [2.05, 4.69) is 21.2 Å². The van der Waals surface area contributed by atoms with Gasteiger partial charge in [-0.3, -0.25) is 4.79 Å². The summed E-state index contributed by atoms with van der Waals surface area (Å²) in [5.41, 5.74) is 0.728. The van der Waals surface area contributed by atoms with Crippen LogP contribution in [0.5, 0.6) is 5.75 Å². The van der Waals surface area contributed by atoms with Crippen LogP contribution in [-0.2, 0) is 4.79 Å². The van der Waals surface area contributed by atoms with Gasteiger partial charge in [0.25, 0.3) is 5.91 Å². The summed E-state index contributed by atoms with van der Waals surface area (Å²) in [6, 6.07) is 21.3. The fourth-order valence-corrected chi connectivity index (χ4v) is 2.72. The van der Waals surface area contributed by atoms with Gasteiger partial charge in [0.15, 0.2) is 6.10 Å². The number of amides is 1. The van der Waals surface area contributed by atoms with E-state index in [0.29, 0.717) is 5.75 Å². The first-order valence-corrected chi connectivity index (χ1v) is 8.14. The summed E-state index contributed by atoms with van der Waals surface area (Å²) in [6.07, 6.45) is -0.604. The molecule has 1 amide bonds. The molecule has 0 aliphatic carbocycles. The van der Waals surface area contributed by atoms with Crippen LogP contribution in [0.2, 0.25) is 0 Å². The summed E-state index contributed by atoms with van der Waals surface area (Å²) in [5, 5.41) is 4.95. The maximum absolute atomic E-state index is 12.3. The smallest absolute Gasteiger partial charge is 0.265 e. The van der Waals surface area contributed by atoms with E-state index in [1.165, 1.54) is 0 Å². The van der Waals surface area contributed by atoms with Gasteiger partial charge in [-0.2, -0.15) is 0 Å². The summed E-state index contributed by atoms with van der Waals surface area (Å²) in [7, 11) is 0. The molecule has 1 atom stereocenters. The van der Waals surface area contributed by atoms with E-state index in [0.717, 1.165) is 20.9 Å². The Hall–Kier alpha value is -2.33. The fraction of sp³-hybridized carbons (Fsp3) is 0.105. The molecule has 0 saturated carbocycles. The predicted molar refractivity (Wildman–Crippen MR) is 96.8 cm³/mol. The Morgan fingerprint density at radius 3 is 2.52 bits per heavy atom. The molecular formula is C19H16BrNO2. The average Bonchev–Trinajstić information content (AvgIpc) is 2.57. The lowest BCUT2D eigenvalue weighted by Crippen LogP contribution is -2.30. The number of ether oxygens (including phenoxy) is 1. The molecule has 3 aromatic rings. The molecule has 0 aromatic heterocycles. The van der Waals surface area contributed by atoms with E-state index < -0.39 is 6.10 Å². The molecule has 0 heterocycles. The number of nitrogens with one attached hydrogen (secondary N) is 1. The van der Waals surface area contributed by atoms with Crippen LogP contribution in [0.3, 0.4) is 0 Å². The zero-order valence-electron chi connectivity index (χ0n) is 12.6. The molecular weight excluding hydrogens is 354 g/mol. The van der Waals surface area contributed by atoms with Crippen LogP contribution in [0.4, 0.5) is 5.69 Å². The topological polar surface area (TPSA) is 38.3 Å². The van der Waals surface area contributed by atoms with Gasteiger partial charge in [-0.1, -0.05) is 48.5 Å². The second kappa shape index (κ2) is 6.84. The van der Waals surface area contributed by atoms with Gasteiger partial charge >= 0.3 is 0 Å². The highest BCUT2D eigenvalue weighted by molar-refractivity contribution is 9.10. The third-order valence-corrected chi connectivity index (χ3v) is 4.25. The maximum Gasteiger partial charge on any atom is 0.265 e. The highest BCUT2D eigenvalue weighted by atomic mass is 79.9. The molecule has 0 unspecified atom stereocenters. The van der Waals surface area contributed by atoms with E-state index in [1.807, 2.05) is 66.7 Å². The number of benzene rings is 3. The standard InChI is InChI=1S/C19H16BrNO2/c1-13(19(22)21-17-11-5-4-10-16(17)20)23-18-12-6-8-14-7-2-3-9-15(14)18/h2-13H,1H3,(H,21,22)/t13-/m0/s1. The number of halogens is 1. The number of rotatable bonds is 4. The summed E-state index contributed by atoms with van der Waals surface area (Å²) >= 11 is 3.42. The maximum atomic E-state index is 12.3. The van der Waals surface area contributed by atoms with Crippen molar-refractivity contribution in [2.24, 2.45) is 0 Å². The van der Waals surface area contributed by atoms with Crippen molar-refractivity contribution in [2.75, 3.05) is 5.32 Å². The molecule has 0 spiro atoms. The van der Waals surface area contributed by atoms with Crippen LogP contribution in [-0.4, -0.2) is 12.0 Å². The molecule has 1 N–H and O–H groups in total. The Kier molecular flexibility index (Phi) is 4.63. The Morgan fingerprint density at radius 1 is 1.00 bits per heavy atom. The Balaban J connectivity index is 1.77. The number of carbonyl (C=O) groups is 1. The van der Waals surface area contributed by atoms with E-state index in [4.69, 9.17) is 4.74 Å². The number of hydrogen-bond donors (Lipinski definition) is 1. The number of fused-ring (bicyclic) bond motifs is 1. The van der Waals surface area contributed by atoms with Gasteiger partial charge in [0.2, 0.25) is 0 Å². The van der Waals surface area contributed by atoms with Crippen molar-refractivity contribution in [1.29, 1.82) is 0 Å². The normalized spacial score (nSPS) is 11.9. The number of hydrogen-bond acceptors (Lipinski definition) is 2.